The fourth-order valence-electron chi connectivity index (χ4n) is 3.05. The van der Waals surface area contributed by atoms with E-state index in [1.165, 1.54) is 17.3 Å². The molecular formula is C18H21N3O3. The number of nitrogens with zero attached hydrogens (tertiary/aromatic N) is 2. The van der Waals surface area contributed by atoms with E-state index in [9.17, 15) is 14.7 Å². The van der Waals surface area contributed by atoms with Crippen LogP contribution in [0.3, 0.4) is 0 Å². The molecule has 1 aromatic heterocycles. The van der Waals surface area contributed by atoms with E-state index in [0.717, 1.165) is 29.5 Å². The monoisotopic (exact) mass is 327 g/mol. The van der Waals surface area contributed by atoms with Gasteiger partial charge in [-0.1, -0.05) is 6.07 Å². The van der Waals surface area contributed by atoms with Crippen molar-refractivity contribution in [2.45, 2.75) is 45.6 Å². The van der Waals surface area contributed by atoms with Crippen LogP contribution in [-0.2, 0) is 18.4 Å². The summed E-state index contributed by atoms with van der Waals surface area (Å²) in [5.74, 6) is -0.374. The summed E-state index contributed by atoms with van der Waals surface area (Å²) in [5, 5.41) is 10.4. The van der Waals surface area contributed by atoms with E-state index in [4.69, 9.17) is 0 Å². The Balaban J connectivity index is 2.04. The van der Waals surface area contributed by atoms with E-state index in [-0.39, 0.29) is 11.4 Å². The van der Waals surface area contributed by atoms with Crippen molar-refractivity contribution in [1.29, 1.82) is 0 Å². The number of rotatable bonds is 2. The molecule has 0 saturated heterocycles. The van der Waals surface area contributed by atoms with E-state index >= 15 is 0 Å². The SMILES string of the molecule is CC(C)(C)n1c(O)c(C=Nc2ccc3c(c2)CCC3)c(=O)[nH]c1=O. The van der Waals surface area contributed by atoms with Gasteiger partial charge in [-0.05, 0) is 63.3 Å². The van der Waals surface area contributed by atoms with Crippen LogP contribution in [0.2, 0.25) is 0 Å². The number of nitrogens with one attached hydrogen (secondary N) is 1. The fraction of sp³-hybridized carbons (Fsp3) is 0.389. The molecule has 0 radical (unpaired) electrons. The van der Waals surface area contributed by atoms with Gasteiger partial charge in [0.05, 0.1) is 5.69 Å². The summed E-state index contributed by atoms with van der Waals surface area (Å²) in [4.78, 5) is 30.5. The zero-order valence-electron chi connectivity index (χ0n) is 14.1. The number of aliphatic imine (C=N–C) groups is 1. The van der Waals surface area contributed by atoms with Gasteiger partial charge in [-0.3, -0.25) is 19.3 Å². The first kappa shape index (κ1) is 16.2. The van der Waals surface area contributed by atoms with Crippen LogP contribution in [-0.4, -0.2) is 20.9 Å². The fourth-order valence-corrected chi connectivity index (χ4v) is 3.05. The van der Waals surface area contributed by atoms with Gasteiger partial charge < -0.3 is 5.11 Å². The zero-order valence-corrected chi connectivity index (χ0v) is 14.1. The molecule has 0 unspecified atom stereocenters. The van der Waals surface area contributed by atoms with Gasteiger partial charge in [0.1, 0.15) is 5.56 Å². The molecular weight excluding hydrogens is 306 g/mol. The molecule has 1 aliphatic rings. The minimum absolute atomic E-state index is 0.0231. The smallest absolute Gasteiger partial charge is 0.331 e. The third kappa shape index (κ3) is 2.91. The van der Waals surface area contributed by atoms with Gasteiger partial charge in [-0.25, -0.2) is 4.79 Å². The summed E-state index contributed by atoms with van der Waals surface area (Å²) in [6.07, 6.45) is 4.60. The van der Waals surface area contributed by atoms with Crippen molar-refractivity contribution in [3.8, 4) is 5.88 Å². The highest BCUT2D eigenvalue weighted by atomic mass is 16.3. The van der Waals surface area contributed by atoms with Gasteiger partial charge in [0, 0.05) is 11.8 Å². The number of fused-ring (bicyclic) bond motifs is 1. The molecule has 0 amide bonds. The highest BCUT2D eigenvalue weighted by Crippen LogP contribution is 2.26. The van der Waals surface area contributed by atoms with Gasteiger partial charge >= 0.3 is 5.69 Å². The standard InChI is InChI=1S/C18H21N3O3/c1-18(2,3)21-16(23)14(15(22)20-17(21)24)10-19-13-8-7-11-5-4-6-12(11)9-13/h7-10,23H,4-6H2,1-3H3,(H,20,22,24). The number of aryl methyl sites for hydroxylation is 2. The first-order valence-corrected chi connectivity index (χ1v) is 8.02. The normalized spacial score (nSPS) is 14.3. The summed E-state index contributed by atoms with van der Waals surface area (Å²) >= 11 is 0. The Morgan fingerprint density at radius 1 is 1.21 bits per heavy atom. The van der Waals surface area contributed by atoms with E-state index < -0.39 is 16.8 Å². The van der Waals surface area contributed by atoms with Crippen molar-refractivity contribution >= 4 is 11.9 Å². The molecule has 6 heteroatoms. The van der Waals surface area contributed by atoms with Gasteiger partial charge in [-0.15, -0.1) is 0 Å². The Labute approximate surface area is 139 Å². The first-order chi connectivity index (χ1) is 11.3. The van der Waals surface area contributed by atoms with E-state index in [0.29, 0.717) is 0 Å². The van der Waals surface area contributed by atoms with Crippen LogP contribution < -0.4 is 11.2 Å². The van der Waals surface area contributed by atoms with E-state index in [1.54, 1.807) is 20.8 Å². The molecule has 1 aliphatic carbocycles. The number of benzene rings is 1. The molecule has 126 valence electrons. The largest absolute Gasteiger partial charge is 0.494 e. The number of H-pyrrole nitrogens is 1. The number of aromatic amines is 1. The molecule has 0 spiro atoms. The number of aromatic nitrogens is 2. The summed E-state index contributed by atoms with van der Waals surface area (Å²) in [6.45, 7) is 5.32. The second-order valence-corrected chi connectivity index (χ2v) is 7.07. The average Bonchev–Trinajstić information content (AvgIpc) is 2.92. The number of aromatic hydroxyl groups is 1. The second-order valence-electron chi connectivity index (χ2n) is 7.07. The number of hydrogen-bond donors (Lipinski definition) is 2. The van der Waals surface area contributed by atoms with Crippen LogP contribution in [0.5, 0.6) is 5.88 Å². The summed E-state index contributed by atoms with van der Waals surface area (Å²) in [6, 6.07) is 5.95. The maximum Gasteiger partial charge on any atom is 0.331 e. The molecule has 6 nitrogen and oxygen atoms in total. The van der Waals surface area contributed by atoms with Crippen LogP contribution in [0.25, 0.3) is 0 Å². The molecule has 1 heterocycles. The lowest BCUT2D eigenvalue weighted by Gasteiger charge is -2.23. The highest BCUT2D eigenvalue weighted by molar-refractivity contribution is 5.84. The Bertz CT molecular complexity index is 930. The van der Waals surface area contributed by atoms with Crippen molar-refractivity contribution in [3.63, 3.8) is 0 Å². The Kier molecular flexibility index (Phi) is 3.91. The van der Waals surface area contributed by atoms with Crippen LogP contribution in [0, 0.1) is 0 Å². The molecule has 0 aliphatic heterocycles. The number of hydrogen-bond acceptors (Lipinski definition) is 4. The average molecular weight is 327 g/mol. The van der Waals surface area contributed by atoms with Crippen molar-refractivity contribution in [2.75, 3.05) is 0 Å². The first-order valence-electron chi connectivity index (χ1n) is 8.02. The quantitative estimate of drug-likeness (QED) is 0.829. The summed E-state index contributed by atoms with van der Waals surface area (Å²) in [5.41, 5.74) is 1.37. The zero-order chi connectivity index (χ0) is 17.5. The molecule has 0 fully saturated rings. The molecule has 1 aromatic carbocycles. The minimum Gasteiger partial charge on any atom is -0.494 e. The van der Waals surface area contributed by atoms with Crippen LogP contribution in [0.1, 0.15) is 43.9 Å². The lowest BCUT2D eigenvalue weighted by molar-refractivity contribution is 0.305. The molecule has 0 saturated carbocycles. The Morgan fingerprint density at radius 3 is 2.62 bits per heavy atom. The second kappa shape index (κ2) is 5.78. The Morgan fingerprint density at radius 2 is 1.92 bits per heavy atom. The van der Waals surface area contributed by atoms with Gasteiger partial charge in [0.15, 0.2) is 0 Å². The molecule has 0 bridgehead atoms. The maximum absolute atomic E-state index is 12.0. The molecule has 2 N–H and O–H groups in total. The molecule has 0 atom stereocenters. The predicted molar refractivity (Wildman–Crippen MR) is 93.7 cm³/mol. The van der Waals surface area contributed by atoms with Crippen molar-refractivity contribution in [2.24, 2.45) is 4.99 Å². The highest BCUT2D eigenvalue weighted by Gasteiger charge is 2.22. The Hall–Kier alpha value is -2.63. The lowest BCUT2D eigenvalue weighted by atomic mass is 10.1. The van der Waals surface area contributed by atoms with Crippen LogP contribution in [0.15, 0.2) is 32.8 Å². The van der Waals surface area contributed by atoms with E-state index in [1.807, 2.05) is 12.1 Å². The van der Waals surface area contributed by atoms with Gasteiger partial charge in [0.2, 0.25) is 5.88 Å². The van der Waals surface area contributed by atoms with Crippen LogP contribution in [0.4, 0.5) is 5.69 Å². The van der Waals surface area contributed by atoms with Crippen molar-refractivity contribution in [3.05, 3.63) is 55.7 Å². The lowest BCUT2D eigenvalue weighted by Crippen LogP contribution is -2.40. The van der Waals surface area contributed by atoms with Crippen molar-refractivity contribution in [1.82, 2.24) is 9.55 Å². The van der Waals surface area contributed by atoms with E-state index in [2.05, 4.69) is 16.0 Å². The van der Waals surface area contributed by atoms with Crippen molar-refractivity contribution < 1.29 is 5.11 Å². The summed E-state index contributed by atoms with van der Waals surface area (Å²) < 4.78 is 1.15. The molecule has 2 aromatic rings. The predicted octanol–water partition coefficient (Wildman–Crippen LogP) is 2.24. The molecule has 3 rings (SSSR count). The summed E-state index contributed by atoms with van der Waals surface area (Å²) in [7, 11) is 0. The third-order valence-electron chi connectivity index (χ3n) is 4.22. The maximum atomic E-state index is 12.0. The van der Waals surface area contributed by atoms with Crippen LogP contribution >= 0.6 is 0 Å². The minimum atomic E-state index is -0.665. The third-order valence-corrected chi connectivity index (χ3v) is 4.22. The van der Waals surface area contributed by atoms with Gasteiger partial charge in [0.25, 0.3) is 5.56 Å². The molecule has 24 heavy (non-hydrogen) atoms. The topological polar surface area (TPSA) is 87.4 Å². The van der Waals surface area contributed by atoms with Gasteiger partial charge in [-0.2, -0.15) is 0 Å².